The maximum absolute atomic E-state index is 9.59. The third-order valence-electron chi connectivity index (χ3n) is 2.84. The van der Waals surface area contributed by atoms with Crippen molar-refractivity contribution in [1.29, 1.82) is 0 Å². The molecule has 1 heterocycles. The van der Waals surface area contributed by atoms with Crippen molar-refractivity contribution < 1.29 is 34.4 Å². The van der Waals surface area contributed by atoms with Crippen LogP contribution in [-0.4, -0.2) is 59.7 Å². The lowest BCUT2D eigenvalue weighted by atomic mass is 10.2. The number of para-hydroxylation sites is 2. The average molecular weight is 325 g/mol. The van der Waals surface area contributed by atoms with Gasteiger partial charge in [-0.25, -0.2) is 9.59 Å². The summed E-state index contributed by atoms with van der Waals surface area (Å²) in [6.07, 6.45) is 0.473. The number of carboxylic acids is 2. The van der Waals surface area contributed by atoms with Crippen molar-refractivity contribution in [3.8, 4) is 11.5 Å². The fraction of sp³-hybridized carbons (Fsp3) is 0.333. The summed E-state index contributed by atoms with van der Waals surface area (Å²) in [5, 5.41) is 28.3. The lowest BCUT2D eigenvalue weighted by molar-refractivity contribution is -0.134. The molecule has 8 heteroatoms. The third kappa shape index (κ3) is 6.81. The summed E-state index contributed by atoms with van der Waals surface area (Å²) < 4.78 is 10.8. The van der Waals surface area contributed by atoms with E-state index >= 15 is 0 Å². The van der Waals surface area contributed by atoms with E-state index in [0.29, 0.717) is 36.7 Å². The highest BCUT2D eigenvalue weighted by Gasteiger charge is 2.27. The van der Waals surface area contributed by atoms with Crippen molar-refractivity contribution in [2.24, 2.45) is 0 Å². The number of methoxy groups -OCH3 is 1. The summed E-state index contributed by atoms with van der Waals surface area (Å²) in [7, 11) is 1.60. The standard InChI is InChI=1S/C11H15NO3.C4H4O4/c1-14-9-4-2-3-5-10(9)15-11-7-12-6-8(11)13;5-3(6)1-2-4(7)8/h2-5,8,11-13H,6-7H2,1H3;1-2H,(H,5,6)(H,7,8)/b;2-1+/t8-,11-;/m1./s1. The Kier molecular flexibility index (Phi) is 7.58. The second-order valence-electron chi connectivity index (χ2n) is 4.54. The smallest absolute Gasteiger partial charge is 0.328 e. The van der Waals surface area contributed by atoms with Gasteiger partial charge in [0.05, 0.1) is 7.11 Å². The number of carbonyl (C=O) groups is 2. The molecule has 0 aromatic heterocycles. The van der Waals surface area contributed by atoms with Crippen molar-refractivity contribution in [1.82, 2.24) is 5.32 Å². The zero-order valence-electron chi connectivity index (χ0n) is 12.5. The number of benzene rings is 1. The molecule has 1 aromatic carbocycles. The van der Waals surface area contributed by atoms with Crippen LogP contribution in [0.1, 0.15) is 0 Å². The molecule has 1 aliphatic rings. The van der Waals surface area contributed by atoms with Gasteiger partial charge in [-0.15, -0.1) is 0 Å². The summed E-state index contributed by atoms with van der Waals surface area (Å²) in [6.45, 7) is 1.25. The highest BCUT2D eigenvalue weighted by atomic mass is 16.5. The van der Waals surface area contributed by atoms with E-state index in [4.69, 9.17) is 19.7 Å². The normalized spacial score (nSPS) is 19.7. The molecule has 0 unspecified atom stereocenters. The number of hydrogen-bond acceptors (Lipinski definition) is 6. The maximum atomic E-state index is 9.59. The Morgan fingerprint density at radius 2 is 1.70 bits per heavy atom. The van der Waals surface area contributed by atoms with Crippen molar-refractivity contribution in [3.05, 3.63) is 36.4 Å². The molecule has 2 rings (SSSR count). The van der Waals surface area contributed by atoms with E-state index < -0.39 is 18.0 Å². The minimum Gasteiger partial charge on any atom is -0.493 e. The van der Waals surface area contributed by atoms with Crippen LogP contribution >= 0.6 is 0 Å². The monoisotopic (exact) mass is 325 g/mol. The molecule has 1 fully saturated rings. The second-order valence-corrected chi connectivity index (χ2v) is 4.54. The van der Waals surface area contributed by atoms with Crippen molar-refractivity contribution in [3.63, 3.8) is 0 Å². The number of β-amino-alcohol motifs (C(OH)–C–C–N with tert-alkyl or cyclic N) is 1. The molecule has 0 radical (unpaired) electrons. The van der Waals surface area contributed by atoms with E-state index in [9.17, 15) is 14.7 Å². The van der Waals surface area contributed by atoms with Gasteiger partial charge in [0, 0.05) is 25.2 Å². The van der Waals surface area contributed by atoms with Gasteiger partial charge in [0.25, 0.3) is 0 Å². The molecule has 1 saturated heterocycles. The van der Waals surface area contributed by atoms with Gasteiger partial charge < -0.3 is 30.1 Å². The largest absolute Gasteiger partial charge is 0.493 e. The number of nitrogens with one attached hydrogen (secondary N) is 1. The summed E-state index contributed by atoms with van der Waals surface area (Å²) in [6, 6.07) is 7.44. The van der Waals surface area contributed by atoms with Crippen LogP contribution in [0.4, 0.5) is 0 Å². The zero-order chi connectivity index (χ0) is 17.2. The van der Waals surface area contributed by atoms with Gasteiger partial charge in [0.1, 0.15) is 12.2 Å². The fourth-order valence-corrected chi connectivity index (χ4v) is 1.78. The molecule has 8 nitrogen and oxygen atoms in total. The Morgan fingerprint density at radius 3 is 2.13 bits per heavy atom. The lowest BCUT2D eigenvalue weighted by Crippen LogP contribution is -2.29. The van der Waals surface area contributed by atoms with Gasteiger partial charge in [-0.3, -0.25) is 0 Å². The van der Waals surface area contributed by atoms with Crippen molar-refractivity contribution >= 4 is 11.9 Å². The Hall–Kier alpha value is -2.58. The molecule has 4 N–H and O–H groups in total. The lowest BCUT2D eigenvalue weighted by Gasteiger charge is -2.17. The predicted octanol–water partition coefficient (Wildman–Crippen LogP) is 0.119. The molecule has 1 aliphatic heterocycles. The number of carboxylic acid groups (broad SMARTS) is 2. The Labute approximate surface area is 133 Å². The van der Waals surface area contributed by atoms with Gasteiger partial charge in [0.2, 0.25) is 0 Å². The number of ether oxygens (including phenoxy) is 2. The van der Waals surface area contributed by atoms with Crippen LogP contribution in [0.25, 0.3) is 0 Å². The number of aliphatic carboxylic acids is 2. The second kappa shape index (κ2) is 9.44. The average Bonchev–Trinajstić information content (AvgIpc) is 2.92. The van der Waals surface area contributed by atoms with Gasteiger partial charge in [-0.1, -0.05) is 12.1 Å². The summed E-state index contributed by atoms with van der Waals surface area (Å²) in [5.74, 6) is -1.15. The van der Waals surface area contributed by atoms with E-state index in [0.717, 1.165) is 0 Å². The minimum atomic E-state index is -1.26. The zero-order valence-corrected chi connectivity index (χ0v) is 12.5. The van der Waals surface area contributed by atoms with E-state index in [2.05, 4.69) is 5.32 Å². The molecule has 0 amide bonds. The van der Waals surface area contributed by atoms with Crippen LogP contribution in [0.5, 0.6) is 11.5 Å². The van der Waals surface area contributed by atoms with E-state index in [1.54, 1.807) is 7.11 Å². The summed E-state index contributed by atoms with van der Waals surface area (Å²) in [4.78, 5) is 19.1. The highest BCUT2D eigenvalue weighted by Crippen LogP contribution is 2.27. The molecule has 126 valence electrons. The van der Waals surface area contributed by atoms with E-state index in [1.165, 1.54) is 0 Å². The number of aliphatic hydroxyl groups is 1. The van der Waals surface area contributed by atoms with Crippen LogP contribution in [-0.2, 0) is 9.59 Å². The van der Waals surface area contributed by atoms with Crippen LogP contribution < -0.4 is 14.8 Å². The van der Waals surface area contributed by atoms with Gasteiger partial charge in [0.15, 0.2) is 11.5 Å². The van der Waals surface area contributed by atoms with Crippen LogP contribution in [0.15, 0.2) is 36.4 Å². The Bertz CT molecular complexity index is 543. The topological polar surface area (TPSA) is 125 Å². The number of rotatable bonds is 5. The Morgan fingerprint density at radius 1 is 1.13 bits per heavy atom. The summed E-state index contributed by atoms with van der Waals surface area (Å²) >= 11 is 0. The molecule has 0 spiro atoms. The van der Waals surface area contributed by atoms with E-state index in [-0.39, 0.29) is 6.10 Å². The Balaban J connectivity index is 0.000000284. The van der Waals surface area contributed by atoms with Crippen molar-refractivity contribution in [2.75, 3.05) is 20.2 Å². The molecule has 23 heavy (non-hydrogen) atoms. The molecule has 2 atom stereocenters. The van der Waals surface area contributed by atoms with Gasteiger partial charge in [-0.2, -0.15) is 0 Å². The third-order valence-corrected chi connectivity index (χ3v) is 2.84. The van der Waals surface area contributed by atoms with Crippen molar-refractivity contribution in [2.45, 2.75) is 12.2 Å². The molecular formula is C15H19NO7. The molecule has 0 aliphatic carbocycles. The number of aliphatic hydroxyl groups excluding tert-OH is 1. The van der Waals surface area contributed by atoms with Gasteiger partial charge >= 0.3 is 11.9 Å². The SMILES string of the molecule is COc1ccccc1O[C@@H]1CNC[C@H]1O.O=C(O)/C=C/C(=O)O. The minimum absolute atomic E-state index is 0.193. The number of hydrogen-bond donors (Lipinski definition) is 4. The van der Waals surface area contributed by atoms with Gasteiger partial charge in [-0.05, 0) is 12.1 Å². The van der Waals surface area contributed by atoms with Crippen LogP contribution in [0, 0.1) is 0 Å². The summed E-state index contributed by atoms with van der Waals surface area (Å²) in [5.41, 5.74) is 0. The van der Waals surface area contributed by atoms with Crippen LogP contribution in [0.2, 0.25) is 0 Å². The molecular weight excluding hydrogens is 306 g/mol. The first-order valence-corrected chi connectivity index (χ1v) is 6.76. The molecule has 0 bridgehead atoms. The fourth-order valence-electron chi connectivity index (χ4n) is 1.78. The quantitative estimate of drug-likeness (QED) is 0.563. The van der Waals surface area contributed by atoms with Crippen LogP contribution in [0.3, 0.4) is 0 Å². The molecule has 0 saturated carbocycles. The first-order valence-electron chi connectivity index (χ1n) is 6.76. The maximum Gasteiger partial charge on any atom is 0.328 e. The first kappa shape index (κ1) is 18.5. The molecule has 1 aromatic rings. The first-order chi connectivity index (χ1) is 10.9. The highest BCUT2D eigenvalue weighted by molar-refractivity contribution is 5.89. The van der Waals surface area contributed by atoms with E-state index in [1.807, 2.05) is 24.3 Å². The predicted molar refractivity (Wildman–Crippen MR) is 80.7 cm³/mol.